The summed E-state index contributed by atoms with van der Waals surface area (Å²) in [5, 5.41) is 13.9. The van der Waals surface area contributed by atoms with Gasteiger partial charge in [0.2, 0.25) is 12.2 Å². The summed E-state index contributed by atoms with van der Waals surface area (Å²) in [6, 6.07) is -0.172. The molecule has 1 aliphatic heterocycles. The van der Waals surface area contributed by atoms with E-state index in [-0.39, 0.29) is 11.9 Å². The zero-order valence-electron chi connectivity index (χ0n) is 8.64. The third-order valence-corrected chi connectivity index (χ3v) is 1.92. The summed E-state index contributed by atoms with van der Waals surface area (Å²) in [6.45, 7) is 1.44. The van der Waals surface area contributed by atoms with Crippen LogP contribution in [0.25, 0.3) is 0 Å². The van der Waals surface area contributed by atoms with E-state index < -0.39 is 6.29 Å². The highest BCUT2D eigenvalue weighted by Gasteiger charge is 2.23. The van der Waals surface area contributed by atoms with E-state index in [1.165, 1.54) is 14.0 Å². The molecular formula is C9H14N2O4. The standard InChI is InChI=1S/C9H14N2O4/c1-6(12)11-7-3-8(5-10-13)15-9(4-7)14-2/h3,5,7,9,13H,4H2,1-2H3,(H,11,12)/t7-,9+/m1/s1. The monoisotopic (exact) mass is 214 g/mol. The van der Waals surface area contributed by atoms with E-state index in [1.54, 1.807) is 6.08 Å². The van der Waals surface area contributed by atoms with Crippen LogP contribution in [0.4, 0.5) is 0 Å². The fourth-order valence-electron chi connectivity index (χ4n) is 1.35. The molecule has 0 aromatic rings. The van der Waals surface area contributed by atoms with E-state index in [0.29, 0.717) is 12.2 Å². The van der Waals surface area contributed by atoms with Crippen molar-refractivity contribution >= 4 is 12.1 Å². The van der Waals surface area contributed by atoms with Crippen LogP contribution in [0.5, 0.6) is 0 Å². The Morgan fingerprint density at radius 3 is 3.13 bits per heavy atom. The van der Waals surface area contributed by atoms with E-state index in [4.69, 9.17) is 14.7 Å². The highest BCUT2D eigenvalue weighted by Crippen LogP contribution is 2.16. The van der Waals surface area contributed by atoms with Crippen molar-refractivity contribution in [1.29, 1.82) is 0 Å². The van der Waals surface area contributed by atoms with Crippen LogP contribution in [0.3, 0.4) is 0 Å². The number of oxime groups is 1. The Hall–Kier alpha value is -1.56. The molecule has 2 atom stereocenters. The largest absolute Gasteiger partial charge is 0.463 e. The lowest BCUT2D eigenvalue weighted by atomic mass is 10.1. The summed E-state index contributed by atoms with van der Waals surface area (Å²) in [4.78, 5) is 10.9. The first kappa shape index (κ1) is 11.5. The lowest BCUT2D eigenvalue weighted by Gasteiger charge is -2.27. The van der Waals surface area contributed by atoms with Gasteiger partial charge in [-0.25, -0.2) is 0 Å². The van der Waals surface area contributed by atoms with Crippen LogP contribution >= 0.6 is 0 Å². The molecule has 1 aliphatic rings. The summed E-state index contributed by atoms with van der Waals surface area (Å²) < 4.78 is 10.3. The predicted octanol–water partition coefficient (Wildman–Crippen LogP) is 0.228. The van der Waals surface area contributed by atoms with Crippen molar-refractivity contribution in [3.8, 4) is 0 Å². The van der Waals surface area contributed by atoms with Crippen LogP contribution in [0, 0.1) is 0 Å². The number of carbonyl (C=O) groups excluding carboxylic acids is 1. The van der Waals surface area contributed by atoms with Gasteiger partial charge in [-0.1, -0.05) is 5.16 Å². The number of allylic oxidation sites excluding steroid dienone is 1. The third-order valence-electron chi connectivity index (χ3n) is 1.92. The van der Waals surface area contributed by atoms with Crippen molar-refractivity contribution in [2.45, 2.75) is 25.7 Å². The van der Waals surface area contributed by atoms with Gasteiger partial charge >= 0.3 is 0 Å². The van der Waals surface area contributed by atoms with Gasteiger partial charge in [-0.3, -0.25) is 4.79 Å². The first-order chi connectivity index (χ1) is 7.15. The molecule has 0 saturated carbocycles. The molecule has 0 unspecified atom stereocenters. The molecular weight excluding hydrogens is 200 g/mol. The van der Waals surface area contributed by atoms with E-state index in [0.717, 1.165) is 6.21 Å². The first-order valence-electron chi connectivity index (χ1n) is 4.51. The summed E-state index contributed by atoms with van der Waals surface area (Å²) in [5.41, 5.74) is 0. The van der Waals surface area contributed by atoms with E-state index in [1.807, 2.05) is 0 Å². The second kappa shape index (κ2) is 5.35. The fourth-order valence-corrected chi connectivity index (χ4v) is 1.35. The second-order valence-corrected chi connectivity index (χ2v) is 3.14. The number of hydrogen-bond donors (Lipinski definition) is 2. The zero-order valence-corrected chi connectivity index (χ0v) is 8.64. The molecule has 0 aliphatic carbocycles. The smallest absolute Gasteiger partial charge is 0.217 e. The van der Waals surface area contributed by atoms with Crippen LogP contribution in [0.1, 0.15) is 13.3 Å². The fraction of sp³-hybridized carbons (Fsp3) is 0.556. The van der Waals surface area contributed by atoms with Gasteiger partial charge in [0, 0.05) is 20.5 Å². The summed E-state index contributed by atoms with van der Waals surface area (Å²) in [7, 11) is 1.51. The number of rotatable bonds is 3. The SMILES string of the molecule is CO[C@@H]1C[C@H](NC(C)=O)C=C(C=NO)O1. The van der Waals surface area contributed by atoms with Crippen molar-refractivity contribution in [1.82, 2.24) is 5.32 Å². The van der Waals surface area contributed by atoms with Crippen LogP contribution in [-0.4, -0.2) is 36.8 Å². The molecule has 0 spiro atoms. The number of ether oxygens (including phenoxy) is 2. The summed E-state index contributed by atoms with van der Waals surface area (Å²) in [5.74, 6) is 0.239. The molecule has 6 heteroatoms. The van der Waals surface area contributed by atoms with Gasteiger partial charge < -0.3 is 20.0 Å². The Morgan fingerprint density at radius 2 is 2.60 bits per heavy atom. The van der Waals surface area contributed by atoms with Gasteiger partial charge in [-0.15, -0.1) is 0 Å². The van der Waals surface area contributed by atoms with Gasteiger partial charge in [0.1, 0.15) is 12.0 Å². The number of amides is 1. The summed E-state index contributed by atoms with van der Waals surface area (Å²) in [6.07, 6.45) is 2.90. The Balaban J connectivity index is 2.70. The molecule has 0 saturated heterocycles. The molecule has 2 N–H and O–H groups in total. The normalized spacial score (nSPS) is 25.9. The molecule has 0 aromatic carbocycles. The molecule has 1 rings (SSSR count). The van der Waals surface area contributed by atoms with Gasteiger partial charge in [-0.2, -0.15) is 0 Å². The van der Waals surface area contributed by atoms with Crippen LogP contribution < -0.4 is 5.32 Å². The lowest BCUT2D eigenvalue weighted by Crippen LogP contribution is -2.38. The Morgan fingerprint density at radius 1 is 1.87 bits per heavy atom. The van der Waals surface area contributed by atoms with E-state index in [2.05, 4.69) is 10.5 Å². The van der Waals surface area contributed by atoms with Crippen LogP contribution in [0.15, 0.2) is 17.0 Å². The molecule has 0 radical (unpaired) electrons. The van der Waals surface area contributed by atoms with E-state index in [9.17, 15) is 4.79 Å². The Labute approximate surface area is 87.5 Å². The quantitative estimate of drug-likeness (QED) is 0.400. The number of nitrogens with zero attached hydrogens (tertiary/aromatic N) is 1. The highest BCUT2D eigenvalue weighted by atomic mass is 16.7. The van der Waals surface area contributed by atoms with Gasteiger partial charge in [0.05, 0.1) is 6.04 Å². The minimum absolute atomic E-state index is 0.131. The molecule has 84 valence electrons. The van der Waals surface area contributed by atoms with Crippen molar-refractivity contribution in [2.75, 3.05) is 7.11 Å². The first-order valence-corrected chi connectivity index (χ1v) is 4.51. The van der Waals surface area contributed by atoms with Crippen LogP contribution in [0.2, 0.25) is 0 Å². The highest BCUT2D eigenvalue weighted by molar-refractivity contribution is 5.77. The predicted molar refractivity (Wildman–Crippen MR) is 52.5 cm³/mol. The minimum Gasteiger partial charge on any atom is -0.463 e. The maximum atomic E-state index is 10.9. The number of nitrogens with one attached hydrogen (secondary N) is 1. The molecule has 1 heterocycles. The van der Waals surface area contributed by atoms with Crippen molar-refractivity contribution < 1.29 is 19.5 Å². The third kappa shape index (κ3) is 3.59. The lowest BCUT2D eigenvalue weighted by molar-refractivity contribution is -0.122. The van der Waals surface area contributed by atoms with Crippen molar-refractivity contribution in [3.63, 3.8) is 0 Å². The van der Waals surface area contributed by atoms with Crippen molar-refractivity contribution in [2.24, 2.45) is 5.16 Å². The molecule has 15 heavy (non-hydrogen) atoms. The molecule has 1 amide bonds. The molecule has 0 bridgehead atoms. The second-order valence-electron chi connectivity index (χ2n) is 3.14. The maximum absolute atomic E-state index is 10.9. The molecule has 6 nitrogen and oxygen atoms in total. The Kier molecular flexibility index (Phi) is 4.11. The maximum Gasteiger partial charge on any atom is 0.217 e. The number of hydrogen-bond acceptors (Lipinski definition) is 5. The van der Waals surface area contributed by atoms with Gasteiger partial charge in [-0.05, 0) is 6.08 Å². The zero-order chi connectivity index (χ0) is 11.3. The van der Waals surface area contributed by atoms with Crippen molar-refractivity contribution in [3.05, 3.63) is 11.8 Å². The van der Waals surface area contributed by atoms with E-state index >= 15 is 0 Å². The number of methoxy groups -OCH3 is 1. The number of carbonyl (C=O) groups is 1. The Bertz CT molecular complexity index is 288. The average molecular weight is 214 g/mol. The minimum atomic E-state index is -0.445. The molecule has 0 aromatic heterocycles. The van der Waals surface area contributed by atoms with Crippen LogP contribution in [-0.2, 0) is 14.3 Å². The molecule has 0 fully saturated rings. The summed E-state index contributed by atoms with van der Waals surface area (Å²) >= 11 is 0. The van der Waals surface area contributed by atoms with Gasteiger partial charge in [0.15, 0.2) is 0 Å². The van der Waals surface area contributed by atoms with Gasteiger partial charge in [0.25, 0.3) is 0 Å². The topological polar surface area (TPSA) is 80.2 Å². The average Bonchev–Trinajstić information content (AvgIpc) is 2.16.